The van der Waals surface area contributed by atoms with E-state index in [0.717, 1.165) is 75.4 Å². The summed E-state index contributed by atoms with van der Waals surface area (Å²) in [5.74, 6) is 1.68. The van der Waals surface area contributed by atoms with Gasteiger partial charge in [0.15, 0.2) is 0 Å². The zero-order valence-electron chi connectivity index (χ0n) is 16.7. The molecule has 0 unspecified atom stereocenters. The van der Waals surface area contributed by atoms with E-state index in [4.69, 9.17) is 9.47 Å². The molecule has 0 bridgehead atoms. The number of aromatic amines is 1. The van der Waals surface area contributed by atoms with Crippen LogP contribution in [0, 0.1) is 17.3 Å². The fraction of sp³-hybridized carbons (Fsp3) is 0.667. The summed E-state index contributed by atoms with van der Waals surface area (Å²) < 4.78 is 11.1. The Balaban J connectivity index is 1.32. The van der Waals surface area contributed by atoms with Crippen molar-refractivity contribution in [1.29, 1.82) is 0 Å². The minimum absolute atomic E-state index is 0.119. The summed E-state index contributed by atoms with van der Waals surface area (Å²) >= 11 is 0. The highest BCUT2D eigenvalue weighted by atomic mass is 16.5. The maximum atomic E-state index is 13.2. The fourth-order valence-electron chi connectivity index (χ4n) is 5.26. The van der Waals surface area contributed by atoms with Crippen LogP contribution >= 0.6 is 0 Å². The van der Waals surface area contributed by atoms with Crippen LogP contribution < -0.4 is 5.32 Å². The molecule has 2 aromatic rings. The number of rotatable bonds is 4. The standard InChI is InChI=1S/C21H29N5O3/c27-20(15-2-7-28-8-3-15)26-12-16(21(13-26)4-9-29-10-5-21)11-23-19-17-1-6-22-18(17)24-14-25-19/h1,6,14-16H,2-5,7-13H2,(H2,22,23,24,25)/t16-/m0/s1. The van der Waals surface area contributed by atoms with E-state index in [0.29, 0.717) is 25.0 Å². The van der Waals surface area contributed by atoms with Crippen LogP contribution in [0.2, 0.25) is 0 Å². The maximum absolute atomic E-state index is 13.2. The summed E-state index contributed by atoms with van der Waals surface area (Å²) in [6, 6.07) is 2.00. The number of hydrogen-bond donors (Lipinski definition) is 2. The molecule has 2 aromatic heterocycles. The van der Waals surface area contributed by atoms with Gasteiger partial charge in [-0.2, -0.15) is 0 Å². The van der Waals surface area contributed by atoms with Gasteiger partial charge < -0.3 is 24.7 Å². The van der Waals surface area contributed by atoms with Crippen molar-refractivity contribution in [3.63, 3.8) is 0 Å². The smallest absolute Gasteiger partial charge is 0.225 e. The van der Waals surface area contributed by atoms with E-state index in [2.05, 4.69) is 25.2 Å². The van der Waals surface area contributed by atoms with Gasteiger partial charge in [0.1, 0.15) is 17.8 Å². The Morgan fingerprint density at radius 2 is 2.00 bits per heavy atom. The average molecular weight is 399 g/mol. The highest BCUT2D eigenvalue weighted by Gasteiger charge is 2.49. The van der Waals surface area contributed by atoms with E-state index in [9.17, 15) is 4.79 Å². The number of amides is 1. The first-order valence-corrected chi connectivity index (χ1v) is 10.7. The van der Waals surface area contributed by atoms with Gasteiger partial charge in [0, 0.05) is 64.1 Å². The first-order valence-electron chi connectivity index (χ1n) is 10.7. The number of fused-ring (bicyclic) bond motifs is 1. The van der Waals surface area contributed by atoms with Gasteiger partial charge in [0.25, 0.3) is 0 Å². The minimum atomic E-state index is 0.119. The van der Waals surface area contributed by atoms with Crippen LogP contribution in [0.15, 0.2) is 18.6 Å². The lowest BCUT2D eigenvalue weighted by Crippen LogP contribution is -2.41. The van der Waals surface area contributed by atoms with Crippen molar-refractivity contribution in [1.82, 2.24) is 19.9 Å². The summed E-state index contributed by atoms with van der Waals surface area (Å²) in [5, 5.41) is 4.56. The SMILES string of the molecule is O=C(C1CCOCC1)N1C[C@H](CNc2ncnc3[nH]ccc23)C2(CCOCC2)C1. The number of hydrogen-bond acceptors (Lipinski definition) is 6. The van der Waals surface area contributed by atoms with Gasteiger partial charge in [0.05, 0.1) is 5.39 Å². The van der Waals surface area contributed by atoms with E-state index in [1.54, 1.807) is 6.33 Å². The third kappa shape index (κ3) is 3.59. The van der Waals surface area contributed by atoms with Crippen molar-refractivity contribution in [3.8, 4) is 0 Å². The van der Waals surface area contributed by atoms with Gasteiger partial charge >= 0.3 is 0 Å². The van der Waals surface area contributed by atoms with Gasteiger partial charge in [-0.3, -0.25) is 4.79 Å². The lowest BCUT2D eigenvalue weighted by atomic mass is 9.72. The summed E-state index contributed by atoms with van der Waals surface area (Å²) in [7, 11) is 0. The second-order valence-electron chi connectivity index (χ2n) is 8.62. The molecule has 156 valence electrons. The quantitative estimate of drug-likeness (QED) is 0.818. The lowest BCUT2D eigenvalue weighted by molar-refractivity contribution is -0.138. The summed E-state index contributed by atoms with van der Waals surface area (Å²) in [6.07, 6.45) is 7.19. The Morgan fingerprint density at radius 1 is 1.21 bits per heavy atom. The maximum Gasteiger partial charge on any atom is 0.225 e. The van der Waals surface area contributed by atoms with Crippen LogP contribution in [-0.2, 0) is 14.3 Å². The molecule has 3 aliphatic heterocycles. The minimum Gasteiger partial charge on any atom is -0.381 e. The molecular formula is C21H29N5O3. The van der Waals surface area contributed by atoms with Gasteiger partial charge in [-0.25, -0.2) is 9.97 Å². The largest absolute Gasteiger partial charge is 0.381 e. The van der Waals surface area contributed by atoms with Crippen molar-refractivity contribution < 1.29 is 14.3 Å². The Hall–Kier alpha value is -2.19. The molecule has 0 radical (unpaired) electrons. The normalized spacial score (nSPS) is 25.0. The number of aromatic nitrogens is 3. The number of H-pyrrole nitrogens is 1. The molecule has 1 spiro atoms. The first-order chi connectivity index (χ1) is 14.3. The number of carbonyl (C=O) groups excluding carboxylic acids is 1. The summed E-state index contributed by atoms with van der Waals surface area (Å²) in [6.45, 7) is 5.43. The van der Waals surface area contributed by atoms with Crippen LogP contribution in [-0.4, -0.2) is 71.8 Å². The van der Waals surface area contributed by atoms with Gasteiger partial charge in [-0.05, 0) is 37.2 Å². The Bertz CT molecular complexity index is 857. The number of likely N-dealkylation sites (tertiary alicyclic amines) is 1. The number of anilines is 1. The van der Waals surface area contributed by atoms with Crippen LogP contribution in [0.5, 0.6) is 0 Å². The highest BCUT2D eigenvalue weighted by Crippen LogP contribution is 2.45. The van der Waals surface area contributed by atoms with E-state index in [1.165, 1.54) is 0 Å². The van der Waals surface area contributed by atoms with Crippen molar-refractivity contribution in [2.24, 2.45) is 17.3 Å². The summed E-state index contributed by atoms with van der Waals surface area (Å²) in [5.41, 5.74) is 0.974. The Kier molecular flexibility index (Phi) is 5.13. The van der Waals surface area contributed by atoms with Crippen molar-refractivity contribution in [2.75, 3.05) is 51.4 Å². The zero-order valence-corrected chi connectivity index (χ0v) is 16.7. The second-order valence-corrected chi connectivity index (χ2v) is 8.62. The molecule has 1 atom stereocenters. The topological polar surface area (TPSA) is 92.4 Å². The second kappa shape index (κ2) is 7.91. The number of nitrogens with one attached hydrogen (secondary N) is 2. The van der Waals surface area contributed by atoms with E-state index in [1.807, 2.05) is 12.3 Å². The van der Waals surface area contributed by atoms with Crippen LogP contribution in [0.25, 0.3) is 11.0 Å². The molecule has 8 nitrogen and oxygen atoms in total. The van der Waals surface area contributed by atoms with E-state index >= 15 is 0 Å². The Labute approximate surface area is 170 Å². The third-order valence-corrected chi connectivity index (χ3v) is 7.05. The van der Waals surface area contributed by atoms with Gasteiger partial charge in [-0.1, -0.05) is 0 Å². The molecule has 3 saturated heterocycles. The number of carbonyl (C=O) groups is 1. The molecule has 0 saturated carbocycles. The molecule has 5 rings (SSSR count). The third-order valence-electron chi connectivity index (χ3n) is 7.05. The summed E-state index contributed by atoms with van der Waals surface area (Å²) in [4.78, 5) is 27.1. The molecule has 0 aromatic carbocycles. The van der Waals surface area contributed by atoms with Crippen LogP contribution in [0.4, 0.5) is 5.82 Å². The molecule has 2 N–H and O–H groups in total. The van der Waals surface area contributed by atoms with Crippen molar-refractivity contribution >= 4 is 22.8 Å². The molecule has 1 amide bonds. The molecule has 3 aliphatic rings. The molecule has 29 heavy (non-hydrogen) atoms. The predicted octanol–water partition coefficient (Wildman–Crippen LogP) is 2.05. The number of nitrogens with zero attached hydrogens (tertiary/aromatic N) is 3. The average Bonchev–Trinajstić information content (AvgIpc) is 3.38. The Morgan fingerprint density at radius 3 is 2.83 bits per heavy atom. The monoisotopic (exact) mass is 399 g/mol. The van der Waals surface area contributed by atoms with Crippen LogP contribution in [0.3, 0.4) is 0 Å². The molecular weight excluding hydrogens is 370 g/mol. The molecule has 8 heteroatoms. The van der Waals surface area contributed by atoms with Crippen molar-refractivity contribution in [2.45, 2.75) is 25.7 Å². The molecule has 3 fully saturated rings. The molecule has 5 heterocycles. The van der Waals surface area contributed by atoms with E-state index < -0.39 is 0 Å². The molecule has 0 aliphatic carbocycles. The predicted molar refractivity (Wildman–Crippen MR) is 108 cm³/mol. The lowest BCUT2D eigenvalue weighted by Gasteiger charge is -2.38. The van der Waals surface area contributed by atoms with Crippen LogP contribution in [0.1, 0.15) is 25.7 Å². The van der Waals surface area contributed by atoms with Gasteiger partial charge in [-0.15, -0.1) is 0 Å². The fourth-order valence-corrected chi connectivity index (χ4v) is 5.26. The van der Waals surface area contributed by atoms with Crippen molar-refractivity contribution in [3.05, 3.63) is 18.6 Å². The van der Waals surface area contributed by atoms with Gasteiger partial charge in [0.2, 0.25) is 5.91 Å². The first kappa shape index (κ1) is 18.8. The number of ether oxygens (including phenoxy) is 2. The zero-order chi connectivity index (χ0) is 19.7. The van der Waals surface area contributed by atoms with E-state index in [-0.39, 0.29) is 11.3 Å². The highest BCUT2D eigenvalue weighted by molar-refractivity contribution is 5.86.